The van der Waals surface area contributed by atoms with Gasteiger partial charge in [0.05, 0.1) is 12.0 Å². The second-order valence-electron chi connectivity index (χ2n) is 3.89. The number of aromatic nitrogens is 1. The topological polar surface area (TPSA) is 24.9 Å². The molecule has 2 nitrogen and oxygen atoms in total. The Morgan fingerprint density at radius 1 is 1.21 bits per heavy atom. The quantitative estimate of drug-likeness (QED) is 0.854. The van der Waals surface area contributed by atoms with Crippen LogP contribution in [0.2, 0.25) is 0 Å². The van der Waals surface area contributed by atoms with E-state index < -0.39 is 35.9 Å². The second-order valence-corrected chi connectivity index (χ2v) is 3.89. The number of rotatable bonds is 4. The summed E-state index contributed by atoms with van der Waals surface area (Å²) in [6, 6.07) is -0.786. The summed E-state index contributed by atoms with van der Waals surface area (Å²) >= 11 is 0. The minimum absolute atomic E-state index is 0.118. The van der Waals surface area contributed by atoms with E-state index in [4.69, 9.17) is 0 Å². The highest BCUT2D eigenvalue weighted by Crippen LogP contribution is 2.37. The van der Waals surface area contributed by atoms with Crippen LogP contribution < -0.4 is 5.32 Å². The Morgan fingerprint density at radius 3 is 2.32 bits per heavy atom. The van der Waals surface area contributed by atoms with Crippen LogP contribution in [0, 0.1) is 0 Å². The highest BCUT2D eigenvalue weighted by Gasteiger charge is 2.39. The van der Waals surface area contributed by atoms with Crippen molar-refractivity contribution >= 4 is 0 Å². The molecule has 1 heterocycles. The van der Waals surface area contributed by atoms with Crippen molar-refractivity contribution in [3.05, 3.63) is 29.6 Å². The summed E-state index contributed by atoms with van der Waals surface area (Å²) in [7, 11) is 0. The maximum Gasteiger partial charge on any atom is 0.416 e. The van der Waals surface area contributed by atoms with Crippen molar-refractivity contribution in [3.63, 3.8) is 0 Å². The summed E-state index contributed by atoms with van der Waals surface area (Å²) in [6.45, 7) is 1.64. The van der Waals surface area contributed by atoms with Gasteiger partial charge in [0.15, 0.2) is 0 Å². The first-order valence-corrected chi connectivity index (χ1v) is 5.46. The maximum absolute atomic E-state index is 12.7. The molecule has 1 atom stereocenters. The van der Waals surface area contributed by atoms with E-state index in [9.17, 15) is 26.3 Å². The molecule has 0 aliphatic carbocycles. The molecule has 0 radical (unpaired) electrons. The van der Waals surface area contributed by atoms with E-state index in [2.05, 4.69) is 10.3 Å². The predicted octanol–water partition coefficient (Wildman–Crippen LogP) is 3.70. The molecule has 0 bridgehead atoms. The van der Waals surface area contributed by atoms with E-state index in [0.717, 1.165) is 12.4 Å². The van der Waals surface area contributed by atoms with E-state index in [1.807, 2.05) is 0 Å². The summed E-state index contributed by atoms with van der Waals surface area (Å²) in [6.07, 6.45) is -8.93. The van der Waals surface area contributed by atoms with Gasteiger partial charge in [0.2, 0.25) is 0 Å². The molecule has 0 amide bonds. The lowest BCUT2D eigenvalue weighted by atomic mass is 9.99. The molecule has 1 rings (SSSR count). The third-order valence-electron chi connectivity index (χ3n) is 2.42. The maximum atomic E-state index is 12.7. The van der Waals surface area contributed by atoms with Crippen molar-refractivity contribution in [2.45, 2.75) is 31.7 Å². The van der Waals surface area contributed by atoms with Gasteiger partial charge in [0.1, 0.15) is 0 Å². The molecule has 0 aliphatic heterocycles. The Hall–Kier alpha value is -1.31. The predicted molar refractivity (Wildman–Crippen MR) is 56.3 cm³/mol. The lowest BCUT2D eigenvalue weighted by Crippen LogP contribution is -2.28. The first-order valence-electron chi connectivity index (χ1n) is 5.46. The molecule has 0 aromatic carbocycles. The molecule has 8 heteroatoms. The van der Waals surface area contributed by atoms with Gasteiger partial charge in [-0.1, -0.05) is 6.92 Å². The first kappa shape index (κ1) is 15.7. The monoisotopic (exact) mass is 286 g/mol. The van der Waals surface area contributed by atoms with Crippen LogP contribution in [0.1, 0.15) is 30.5 Å². The number of hydrogen-bond acceptors (Lipinski definition) is 2. The third kappa shape index (κ3) is 4.70. The van der Waals surface area contributed by atoms with Crippen LogP contribution in [-0.4, -0.2) is 17.7 Å². The van der Waals surface area contributed by atoms with Gasteiger partial charge in [-0.15, -0.1) is 0 Å². The number of nitrogens with one attached hydrogen (secondary N) is 1. The molecule has 19 heavy (non-hydrogen) atoms. The van der Waals surface area contributed by atoms with Gasteiger partial charge in [-0.2, -0.15) is 26.3 Å². The first-order chi connectivity index (χ1) is 8.65. The Balaban J connectivity index is 3.16. The lowest BCUT2D eigenvalue weighted by Gasteiger charge is -2.23. The molecule has 1 unspecified atom stereocenters. The van der Waals surface area contributed by atoms with Crippen LogP contribution >= 0.6 is 0 Å². The average Bonchev–Trinajstić information content (AvgIpc) is 2.25. The molecule has 0 saturated heterocycles. The molecule has 108 valence electrons. The Morgan fingerprint density at radius 2 is 1.84 bits per heavy atom. The molecule has 1 N–H and O–H groups in total. The fourth-order valence-electron chi connectivity index (χ4n) is 1.71. The molecule has 1 aromatic rings. The van der Waals surface area contributed by atoms with E-state index in [0.29, 0.717) is 6.07 Å². The number of nitrogens with zero attached hydrogens (tertiary/aromatic N) is 1. The summed E-state index contributed by atoms with van der Waals surface area (Å²) in [4.78, 5) is 3.48. The fraction of sp³-hybridized carbons (Fsp3) is 0.545. The standard InChI is InChI=1S/C11H12F6N2/c1-2-19-9(5-10(12,13)14)7-6-18-4-3-8(7)11(15,16)17/h3-4,6,9,19H,2,5H2,1H3. The van der Waals surface area contributed by atoms with Gasteiger partial charge in [-0.3, -0.25) is 4.98 Å². The second kappa shape index (κ2) is 5.77. The Labute approximate surface area is 105 Å². The van der Waals surface area contributed by atoms with Gasteiger partial charge < -0.3 is 5.32 Å². The van der Waals surface area contributed by atoms with E-state index in [-0.39, 0.29) is 6.54 Å². The van der Waals surface area contributed by atoms with Crippen LogP contribution in [0.3, 0.4) is 0 Å². The van der Waals surface area contributed by atoms with Crippen LogP contribution in [0.5, 0.6) is 0 Å². The van der Waals surface area contributed by atoms with Gasteiger partial charge in [-0.05, 0) is 18.2 Å². The average molecular weight is 286 g/mol. The van der Waals surface area contributed by atoms with E-state index in [1.54, 1.807) is 0 Å². The molecule has 0 spiro atoms. The molecule has 0 fully saturated rings. The largest absolute Gasteiger partial charge is 0.416 e. The summed E-state index contributed by atoms with van der Waals surface area (Å²) in [5.41, 5.74) is -1.59. The van der Waals surface area contributed by atoms with Crippen molar-refractivity contribution in [1.82, 2.24) is 10.3 Å². The zero-order valence-corrected chi connectivity index (χ0v) is 9.94. The zero-order chi connectivity index (χ0) is 14.7. The lowest BCUT2D eigenvalue weighted by molar-refractivity contribution is -0.146. The summed E-state index contributed by atoms with van der Waals surface area (Å²) in [5, 5.41) is 2.41. The fourth-order valence-corrected chi connectivity index (χ4v) is 1.71. The number of halogens is 6. The molecular formula is C11H12F6N2. The minimum Gasteiger partial charge on any atom is -0.310 e. The van der Waals surface area contributed by atoms with Crippen molar-refractivity contribution in [3.8, 4) is 0 Å². The van der Waals surface area contributed by atoms with Gasteiger partial charge >= 0.3 is 12.4 Å². The SMILES string of the molecule is CCNC(CC(F)(F)F)c1cnccc1C(F)(F)F. The highest BCUT2D eigenvalue weighted by molar-refractivity contribution is 5.29. The van der Waals surface area contributed by atoms with Crippen molar-refractivity contribution in [2.24, 2.45) is 0 Å². The summed E-state index contributed by atoms with van der Waals surface area (Å²) in [5.74, 6) is 0. The molecule has 0 saturated carbocycles. The highest BCUT2D eigenvalue weighted by atomic mass is 19.4. The Bertz CT molecular complexity index is 412. The van der Waals surface area contributed by atoms with Crippen molar-refractivity contribution < 1.29 is 26.3 Å². The van der Waals surface area contributed by atoms with Gasteiger partial charge in [0.25, 0.3) is 0 Å². The number of hydrogen-bond donors (Lipinski definition) is 1. The van der Waals surface area contributed by atoms with Crippen LogP contribution in [0.25, 0.3) is 0 Å². The smallest absolute Gasteiger partial charge is 0.310 e. The van der Waals surface area contributed by atoms with Crippen molar-refractivity contribution in [1.29, 1.82) is 0 Å². The minimum atomic E-state index is -4.71. The van der Waals surface area contributed by atoms with E-state index >= 15 is 0 Å². The van der Waals surface area contributed by atoms with E-state index in [1.165, 1.54) is 6.92 Å². The normalized spacial score (nSPS) is 14.5. The number of pyridine rings is 1. The van der Waals surface area contributed by atoms with Gasteiger partial charge in [-0.25, -0.2) is 0 Å². The molecular weight excluding hydrogens is 274 g/mol. The Kier molecular flexibility index (Phi) is 4.78. The summed E-state index contributed by atoms with van der Waals surface area (Å²) < 4.78 is 75.4. The zero-order valence-electron chi connectivity index (χ0n) is 9.94. The number of alkyl halides is 6. The molecule has 0 aliphatic rings. The van der Waals surface area contributed by atoms with Crippen LogP contribution in [0.15, 0.2) is 18.5 Å². The third-order valence-corrected chi connectivity index (χ3v) is 2.42. The van der Waals surface area contributed by atoms with Crippen molar-refractivity contribution in [2.75, 3.05) is 6.54 Å². The molecule has 1 aromatic heterocycles. The van der Waals surface area contributed by atoms with Gasteiger partial charge in [0, 0.05) is 18.4 Å². The van der Waals surface area contributed by atoms with Crippen LogP contribution in [-0.2, 0) is 6.18 Å². The van der Waals surface area contributed by atoms with Crippen LogP contribution in [0.4, 0.5) is 26.3 Å².